The van der Waals surface area contributed by atoms with E-state index in [1.54, 1.807) is 0 Å². The molecule has 1 aromatic rings. The zero-order chi connectivity index (χ0) is 14.9. The van der Waals surface area contributed by atoms with Crippen molar-refractivity contribution in [3.8, 4) is 5.75 Å². The highest BCUT2D eigenvalue weighted by Gasteiger charge is 2.15. The Morgan fingerprint density at radius 3 is 2.76 bits per heavy atom. The number of benzene rings is 1. The van der Waals surface area contributed by atoms with E-state index in [0.717, 1.165) is 36.9 Å². The Balaban J connectivity index is 1.61. The van der Waals surface area contributed by atoms with Crippen molar-refractivity contribution >= 4 is 5.69 Å². The third kappa shape index (κ3) is 5.96. The second-order valence-corrected chi connectivity index (χ2v) is 6.20. The van der Waals surface area contributed by atoms with Crippen molar-refractivity contribution in [2.45, 2.75) is 45.4 Å². The smallest absolute Gasteiger partial charge is 0.119 e. The summed E-state index contributed by atoms with van der Waals surface area (Å²) in [6.07, 6.45) is 8.01. The fraction of sp³-hybridized carbons (Fsp3) is 0.667. The topological polar surface area (TPSA) is 38.5 Å². The summed E-state index contributed by atoms with van der Waals surface area (Å²) in [6.45, 7) is 6.79. The van der Waals surface area contributed by atoms with Gasteiger partial charge in [0.25, 0.3) is 0 Å². The molecule has 3 nitrogen and oxygen atoms in total. The first-order valence-corrected chi connectivity index (χ1v) is 8.48. The number of rotatable bonds is 7. The molecule has 0 aromatic heterocycles. The Morgan fingerprint density at radius 1 is 1.19 bits per heavy atom. The highest BCUT2D eigenvalue weighted by atomic mass is 16.5. The van der Waals surface area contributed by atoms with Crippen LogP contribution < -0.4 is 10.5 Å². The van der Waals surface area contributed by atoms with Crippen molar-refractivity contribution in [3.63, 3.8) is 0 Å². The van der Waals surface area contributed by atoms with Crippen LogP contribution in [-0.4, -0.2) is 31.1 Å². The van der Waals surface area contributed by atoms with Gasteiger partial charge in [0.1, 0.15) is 5.75 Å². The Bertz CT molecular complexity index is 391. The first-order valence-electron chi connectivity index (χ1n) is 8.48. The Kier molecular flexibility index (Phi) is 6.87. The third-order valence-corrected chi connectivity index (χ3v) is 4.40. The van der Waals surface area contributed by atoms with Crippen LogP contribution in [0.4, 0.5) is 5.69 Å². The number of likely N-dealkylation sites (tertiary alicyclic amines) is 1. The zero-order valence-corrected chi connectivity index (χ0v) is 13.4. The maximum Gasteiger partial charge on any atom is 0.119 e. The van der Waals surface area contributed by atoms with Gasteiger partial charge in [-0.2, -0.15) is 0 Å². The second kappa shape index (κ2) is 8.93. The number of hydrogen-bond donors (Lipinski definition) is 1. The summed E-state index contributed by atoms with van der Waals surface area (Å²) in [5.41, 5.74) is 6.45. The Hall–Kier alpha value is -1.22. The summed E-state index contributed by atoms with van der Waals surface area (Å²) in [4.78, 5) is 2.61. The number of nitrogen functional groups attached to an aromatic ring is 1. The fourth-order valence-corrected chi connectivity index (χ4v) is 3.19. The number of nitrogens with two attached hydrogens (primary N) is 1. The molecule has 0 aliphatic carbocycles. The van der Waals surface area contributed by atoms with Crippen LogP contribution in [0.2, 0.25) is 0 Å². The van der Waals surface area contributed by atoms with E-state index >= 15 is 0 Å². The van der Waals surface area contributed by atoms with Crippen LogP contribution in [0.15, 0.2) is 24.3 Å². The van der Waals surface area contributed by atoms with E-state index < -0.39 is 0 Å². The van der Waals surface area contributed by atoms with E-state index in [0.29, 0.717) is 0 Å². The maximum atomic E-state index is 5.76. The van der Waals surface area contributed by atoms with Gasteiger partial charge in [0, 0.05) is 12.2 Å². The van der Waals surface area contributed by atoms with Gasteiger partial charge in [-0.15, -0.1) is 0 Å². The van der Waals surface area contributed by atoms with Gasteiger partial charge in [0.15, 0.2) is 0 Å². The molecule has 0 saturated carbocycles. The third-order valence-electron chi connectivity index (χ3n) is 4.40. The van der Waals surface area contributed by atoms with Crippen molar-refractivity contribution in [2.75, 3.05) is 32.0 Å². The van der Waals surface area contributed by atoms with Crippen molar-refractivity contribution in [1.29, 1.82) is 0 Å². The van der Waals surface area contributed by atoms with Gasteiger partial charge in [-0.05, 0) is 69.0 Å². The summed E-state index contributed by atoms with van der Waals surface area (Å²) < 4.78 is 5.76. The van der Waals surface area contributed by atoms with Crippen molar-refractivity contribution < 1.29 is 4.74 Å². The van der Waals surface area contributed by atoms with Gasteiger partial charge >= 0.3 is 0 Å². The minimum atomic E-state index is 0.786. The molecule has 1 aliphatic rings. The zero-order valence-electron chi connectivity index (χ0n) is 13.4. The van der Waals surface area contributed by atoms with Crippen molar-refractivity contribution in [1.82, 2.24) is 4.90 Å². The predicted molar refractivity (Wildman–Crippen MR) is 89.7 cm³/mol. The molecule has 2 N–H and O–H groups in total. The highest BCUT2D eigenvalue weighted by molar-refractivity contribution is 5.41. The predicted octanol–water partition coefficient (Wildman–Crippen LogP) is 3.94. The summed E-state index contributed by atoms with van der Waals surface area (Å²) in [7, 11) is 0. The monoisotopic (exact) mass is 290 g/mol. The summed E-state index contributed by atoms with van der Waals surface area (Å²) in [5, 5.41) is 0. The quantitative estimate of drug-likeness (QED) is 0.610. The van der Waals surface area contributed by atoms with Crippen LogP contribution >= 0.6 is 0 Å². The lowest BCUT2D eigenvalue weighted by atomic mass is 9.96. The molecular formula is C18H30N2O. The van der Waals surface area contributed by atoms with Crippen molar-refractivity contribution in [2.24, 2.45) is 5.92 Å². The number of anilines is 1. The fourth-order valence-electron chi connectivity index (χ4n) is 3.19. The molecule has 0 bridgehead atoms. The molecule has 0 amide bonds. The molecule has 0 spiro atoms. The molecule has 1 aromatic carbocycles. The summed E-state index contributed by atoms with van der Waals surface area (Å²) in [5.74, 6) is 1.88. The van der Waals surface area contributed by atoms with E-state index in [2.05, 4.69) is 11.8 Å². The molecule has 118 valence electrons. The minimum Gasteiger partial charge on any atom is -0.494 e. The van der Waals surface area contributed by atoms with E-state index in [-0.39, 0.29) is 0 Å². The van der Waals surface area contributed by atoms with E-state index in [1.807, 2.05) is 24.3 Å². The van der Waals surface area contributed by atoms with Gasteiger partial charge in [-0.1, -0.05) is 19.8 Å². The normalized spacial score (nSPS) is 20.1. The molecule has 1 heterocycles. The van der Waals surface area contributed by atoms with E-state index in [4.69, 9.17) is 10.5 Å². The summed E-state index contributed by atoms with van der Waals surface area (Å²) >= 11 is 0. The lowest BCUT2D eigenvalue weighted by molar-refractivity contribution is 0.237. The molecule has 1 atom stereocenters. The number of ether oxygens (including phenoxy) is 1. The highest BCUT2D eigenvalue weighted by Crippen LogP contribution is 2.22. The molecule has 3 heteroatoms. The van der Waals surface area contributed by atoms with Crippen LogP contribution in [0.3, 0.4) is 0 Å². The standard InChI is InChI=1S/C18H30N2O/c1-2-5-16-6-3-12-20(14-11-16)13-4-15-21-18-9-7-17(19)8-10-18/h7-10,16H,2-6,11-15,19H2,1H3. The van der Waals surface area contributed by atoms with Gasteiger partial charge in [0.05, 0.1) is 6.61 Å². The lowest BCUT2D eigenvalue weighted by Gasteiger charge is -2.20. The maximum absolute atomic E-state index is 5.76. The molecule has 1 aliphatic heterocycles. The molecule has 2 rings (SSSR count). The largest absolute Gasteiger partial charge is 0.494 e. The molecule has 1 saturated heterocycles. The van der Waals surface area contributed by atoms with Gasteiger partial charge < -0.3 is 15.4 Å². The van der Waals surface area contributed by atoms with Gasteiger partial charge in [0.2, 0.25) is 0 Å². The number of nitrogens with zero attached hydrogens (tertiary/aromatic N) is 1. The van der Waals surface area contributed by atoms with Crippen LogP contribution in [0.5, 0.6) is 5.75 Å². The van der Waals surface area contributed by atoms with Crippen molar-refractivity contribution in [3.05, 3.63) is 24.3 Å². The average Bonchev–Trinajstić information content (AvgIpc) is 2.71. The molecule has 0 radical (unpaired) electrons. The minimum absolute atomic E-state index is 0.786. The first kappa shape index (κ1) is 16.2. The molecule has 21 heavy (non-hydrogen) atoms. The van der Waals surface area contributed by atoms with Gasteiger partial charge in [-0.25, -0.2) is 0 Å². The van der Waals surface area contributed by atoms with E-state index in [1.165, 1.54) is 45.2 Å². The SMILES string of the molecule is CCCC1CCCN(CCCOc2ccc(N)cc2)CC1. The average molecular weight is 290 g/mol. The molecule has 1 fully saturated rings. The number of hydrogen-bond acceptors (Lipinski definition) is 3. The van der Waals surface area contributed by atoms with Crippen LogP contribution in [0.25, 0.3) is 0 Å². The Labute approximate surface area is 129 Å². The first-order chi connectivity index (χ1) is 10.3. The Morgan fingerprint density at radius 2 is 2.00 bits per heavy atom. The summed E-state index contributed by atoms with van der Waals surface area (Å²) in [6, 6.07) is 7.66. The molecule has 1 unspecified atom stereocenters. The van der Waals surface area contributed by atoms with Crippen LogP contribution in [0, 0.1) is 5.92 Å². The van der Waals surface area contributed by atoms with E-state index in [9.17, 15) is 0 Å². The van der Waals surface area contributed by atoms with Crippen LogP contribution in [-0.2, 0) is 0 Å². The lowest BCUT2D eigenvalue weighted by Crippen LogP contribution is -2.27. The van der Waals surface area contributed by atoms with Gasteiger partial charge in [-0.3, -0.25) is 0 Å². The second-order valence-electron chi connectivity index (χ2n) is 6.20. The molecular weight excluding hydrogens is 260 g/mol. The van der Waals surface area contributed by atoms with Crippen LogP contribution in [0.1, 0.15) is 45.4 Å².